The van der Waals surface area contributed by atoms with Crippen molar-refractivity contribution < 1.29 is 9.53 Å². The molecule has 0 fully saturated rings. The van der Waals surface area contributed by atoms with Crippen LogP contribution in [0.3, 0.4) is 0 Å². The lowest BCUT2D eigenvalue weighted by Crippen LogP contribution is -2.34. The molecule has 23 heavy (non-hydrogen) atoms. The molecule has 2 N–H and O–H groups in total. The number of H-pyrrole nitrogens is 1. The number of aromatic nitrogens is 1. The summed E-state index contributed by atoms with van der Waals surface area (Å²) in [6.45, 7) is 2.26. The zero-order valence-electron chi connectivity index (χ0n) is 13.1. The number of carbonyl (C=O) groups is 1. The van der Waals surface area contributed by atoms with Crippen LogP contribution in [0.5, 0.6) is 0 Å². The molecule has 0 saturated carbocycles. The number of hydrogen-bond donors (Lipinski definition) is 2. The second-order valence-electron chi connectivity index (χ2n) is 5.67. The molecule has 0 spiro atoms. The Morgan fingerprint density at radius 2 is 1.87 bits per heavy atom. The molecule has 3 aromatic rings. The van der Waals surface area contributed by atoms with Crippen LogP contribution in [-0.2, 0) is 17.8 Å². The van der Waals surface area contributed by atoms with Crippen molar-refractivity contribution >= 4 is 17.0 Å². The largest absolute Gasteiger partial charge is 0.445 e. The Bertz CT molecular complexity index is 780. The van der Waals surface area contributed by atoms with Gasteiger partial charge >= 0.3 is 6.09 Å². The van der Waals surface area contributed by atoms with Crippen LogP contribution >= 0.6 is 0 Å². The number of para-hydroxylation sites is 1. The highest BCUT2D eigenvalue weighted by atomic mass is 16.5. The minimum atomic E-state index is -0.388. The average Bonchev–Trinajstić information content (AvgIpc) is 2.97. The van der Waals surface area contributed by atoms with Crippen molar-refractivity contribution in [2.45, 2.75) is 26.0 Å². The Balaban J connectivity index is 1.52. The quantitative estimate of drug-likeness (QED) is 0.748. The monoisotopic (exact) mass is 308 g/mol. The van der Waals surface area contributed by atoms with Crippen LogP contribution < -0.4 is 5.32 Å². The summed E-state index contributed by atoms with van der Waals surface area (Å²) in [7, 11) is 0. The summed E-state index contributed by atoms with van der Waals surface area (Å²) in [5, 5.41) is 4.07. The van der Waals surface area contributed by atoms with Gasteiger partial charge in [-0.1, -0.05) is 48.5 Å². The van der Waals surface area contributed by atoms with Crippen LogP contribution in [0.25, 0.3) is 10.9 Å². The van der Waals surface area contributed by atoms with Gasteiger partial charge in [0.1, 0.15) is 6.61 Å². The molecule has 1 amide bonds. The molecule has 1 heterocycles. The van der Waals surface area contributed by atoms with Gasteiger partial charge < -0.3 is 15.0 Å². The number of benzene rings is 2. The van der Waals surface area contributed by atoms with Crippen molar-refractivity contribution in [3.63, 3.8) is 0 Å². The maximum Gasteiger partial charge on any atom is 0.407 e. The predicted octanol–water partition coefficient (Wildman–Crippen LogP) is 4.03. The Hall–Kier alpha value is -2.75. The molecule has 0 bridgehead atoms. The zero-order chi connectivity index (χ0) is 16.1. The third-order valence-electron chi connectivity index (χ3n) is 3.78. The van der Waals surface area contributed by atoms with Gasteiger partial charge in [-0.05, 0) is 30.5 Å². The van der Waals surface area contributed by atoms with Gasteiger partial charge in [-0.25, -0.2) is 4.79 Å². The summed E-state index contributed by atoms with van der Waals surface area (Å²) >= 11 is 0. The number of alkyl carbamates (subject to hydrolysis) is 1. The normalized spacial score (nSPS) is 12.0. The lowest BCUT2D eigenvalue weighted by molar-refractivity contribution is 0.136. The van der Waals surface area contributed by atoms with E-state index in [-0.39, 0.29) is 18.7 Å². The Morgan fingerprint density at radius 3 is 2.70 bits per heavy atom. The van der Waals surface area contributed by atoms with E-state index in [0.29, 0.717) is 0 Å². The molecule has 0 saturated heterocycles. The van der Waals surface area contributed by atoms with E-state index in [1.54, 1.807) is 0 Å². The molecular formula is C19H20N2O2. The van der Waals surface area contributed by atoms with E-state index < -0.39 is 0 Å². The number of carbonyl (C=O) groups excluding carboxylic acids is 1. The molecule has 1 atom stereocenters. The summed E-state index contributed by atoms with van der Waals surface area (Å²) in [6.07, 6.45) is 2.36. The summed E-state index contributed by atoms with van der Waals surface area (Å²) in [5.41, 5.74) is 3.28. The topological polar surface area (TPSA) is 54.1 Å². The van der Waals surface area contributed by atoms with Crippen molar-refractivity contribution in [3.8, 4) is 0 Å². The molecule has 4 nitrogen and oxygen atoms in total. The van der Waals surface area contributed by atoms with Crippen molar-refractivity contribution in [2.75, 3.05) is 0 Å². The van der Waals surface area contributed by atoms with E-state index in [1.807, 2.05) is 61.7 Å². The molecule has 0 aliphatic carbocycles. The van der Waals surface area contributed by atoms with E-state index in [9.17, 15) is 4.79 Å². The maximum absolute atomic E-state index is 11.9. The maximum atomic E-state index is 11.9. The van der Waals surface area contributed by atoms with E-state index >= 15 is 0 Å². The minimum absolute atomic E-state index is 0.00233. The molecule has 2 aromatic carbocycles. The molecule has 3 rings (SSSR count). The van der Waals surface area contributed by atoms with Gasteiger partial charge in [0, 0.05) is 23.1 Å². The van der Waals surface area contributed by atoms with E-state index in [2.05, 4.69) is 16.4 Å². The van der Waals surface area contributed by atoms with E-state index in [4.69, 9.17) is 4.74 Å². The first-order chi connectivity index (χ1) is 11.2. The number of rotatable bonds is 5. The fraction of sp³-hybridized carbons (Fsp3) is 0.211. The van der Waals surface area contributed by atoms with Gasteiger partial charge in [0.15, 0.2) is 0 Å². The molecule has 0 aliphatic rings. The number of amides is 1. The number of nitrogens with one attached hydrogen (secondary N) is 2. The standard InChI is InChI=1S/C19H20N2O2/c1-14(11-16-12-20-18-10-6-5-9-17(16)18)21-19(22)23-13-15-7-3-2-4-8-15/h2-10,12,14,20H,11,13H2,1H3,(H,21,22)/t14-/m0/s1. The number of fused-ring (bicyclic) bond motifs is 1. The second-order valence-corrected chi connectivity index (χ2v) is 5.67. The fourth-order valence-corrected chi connectivity index (χ4v) is 2.65. The van der Waals surface area contributed by atoms with Crippen molar-refractivity contribution in [1.29, 1.82) is 0 Å². The summed E-state index contributed by atoms with van der Waals surface area (Å²) < 4.78 is 5.25. The number of hydrogen-bond acceptors (Lipinski definition) is 2. The van der Waals surface area contributed by atoms with Gasteiger partial charge in [0.2, 0.25) is 0 Å². The van der Waals surface area contributed by atoms with Gasteiger partial charge in [-0.2, -0.15) is 0 Å². The van der Waals surface area contributed by atoms with Crippen LogP contribution in [0.1, 0.15) is 18.1 Å². The molecule has 4 heteroatoms. The fourth-order valence-electron chi connectivity index (χ4n) is 2.65. The Labute approximate surface area is 135 Å². The summed E-state index contributed by atoms with van der Waals surface area (Å²) in [4.78, 5) is 15.1. The van der Waals surface area contributed by atoms with Crippen LogP contribution in [0, 0.1) is 0 Å². The summed E-state index contributed by atoms with van der Waals surface area (Å²) in [6, 6.07) is 17.8. The molecular weight excluding hydrogens is 288 g/mol. The smallest absolute Gasteiger partial charge is 0.407 e. The van der Waals surface area contributed by atoms with E-state index in [0.717, 1.165) is 17.5 Å². The lowest BCUT2D eigenvalue weighted by Gasteiger charge is -2.13. The molecule has 0 aliphatic heterocycles. The van der Waals surface area contributed by atoms with Crippen LogP contribution in [0.2, 0.25) is 0 Å². The summed E-state index contributed by atoms with van der Waals surface area (Å²) in [5.74, 6) is 0. The molecule has 0 unspecified atom stereocenters. The molecule has 118 valence electrons. The average molecular weight is 308 g/mol. The van der Waals surface area contributed by atoms with Crippen molar-refractivity contribution in [3.05, 3.63) is 71.9 Å². The number of ether oxygens (including phenoxy) is 1. The zero-order valence-corrected chi connectivity index (χ0v) is 13.1. The van der Waals surface area contributed by atoms with E-state index in [1.165, 1.54) is 10.9 Å². The SMILES string of the molecule is C[C@@H](Cc1c[nH]c2ccccc12)NC(=O)OCc1ccccc1. The lowest BCUT2D eigenvalue weighted by atomic mass is 10.1. The highest BCUT2D eigenvalue weighted by molar-refractivity contribution is 5.83. The molecule has 0 radical (unpaired) electrons. The van der Waals surface area contributed by atoms with Gasteiger partial charge in [0.05, 0.1) is 0 Å². The first kappa shape index (κ1) is 15.2. The van der Waals surface area contributed by atoms with Crippen molar-refractivity contribution in [1.82, 2.24) is 10.3 Å². The van der Waals surface area contributed by atoms with Crippen molar-refractivity contribution in [2.24, 2.45) is 0 Å². The van der Waals surface area contributed by atoms with Crippen LogP contribution in [0.15, 0.2) is 60.8 Å². The Kier molecular flexibility index (Phi) is 4.62. The first-order valence-electron chi connectivity index (χ1n) is 7.74. The number of aromatic amines is 1. The van der Waals surface area contributed by atoms with Crippen LogP contribution in [-0.4, -0.2) is 17.1 Å². The van der Waals surface area contributed by atoms with Gasteiger partial charge in [-0.3, -0.25) is 0 Å². The second kappa shape index (κ2) is 7.01. The highest BCUT2D eigenvalue weighted by Crippen LogP contribution is 2.19. The third kappa shape index (κ3) is 3.92. The predicted molar refractivity (Wildman–Crippen MR) is 91.2 cm³/mol. The minimum Gasteiger partial charge on any atom is -0.445 e. The first-order valence-corrected chi connectivity index (χ1v) is 7.74. The van der Waals surface area contributed by atoms with Gasteiger partial charge in [0.25, 0.3) is 0 Å². The third-order valence-corrected chi connectivity index (χ3v) is 3.78. The Morgan fingerprint density at radius 1 is 1.13 bits per heavy atom. The van der Waals surface area contributed by atoms with Gasteiger partial charge in [-0.15, -0.1) is 0 Å². The highest BCUT2D eigenvalue weighted by Gasteiger charge is 2.11. The molecule has 1 aromatic heterocycles. The van der Waals surface area contributed by atoms with Crippen LogP contribution in [0.4, 0.5) is 4.79 Å².